The van der Waals surface area contributed by atoms with Gasteiger partial charge in [-0.3, -0.25) is 13.9 Å². The minimum atomic E-state index is -4.14. The van der Waals surface area contributed by atoms with Crippen molar-refractivity contribution in [2.45, 2.75) is 57.6 Å². The van der Waals surface area contributed by atoms with Gasteiger partial charge in [-0.15, -0.1) is 0 Å². The van der Waals surface area contributed by atoms with Crippen LogP contribution in [-0.4, -0.2) is 43.8 Å². The summed E-state index contributed by atoms with van der Waals surface area (Å²) in [6.45, 7) is 7.12. The topological polar surface area (TPSA) is 86.8 Å². The number of hydrogen-bond acceptors (Lipinski definition) is 4. The summed E-state index contributed by atoms with van der Waals surface area (Å²) in [6, 6.07) is 29.5. The summed E-state index contributed by atoms with van der Waals surface area (Å²) in [4.78, 5) is 29.9. The number of carbonyl (C=O) groups excluding carboxylic acids is 2. The molecule has 0 spiro atoms. The van der Waals surface area contributed by atoms with Crippen molar-refractivity contribution in [3.05, 3.63) is 130 Å². The number of hydrogen-bond donors (Lipinski definition) is 1. The molecule has 0 saturated carbocycles. The lowest BCUT2D eigenvalue weighted by molar-refractivity contribution is -0.140. The molecule has 4 rings (SSSR count). The summed E-state index contributed by atoms with van der Waals surface area (Å²) in [5.41, 5.74) is 3.78. The quantitative estimate of drug-likeness (QED) is 0.188. The second kappa shape index (κ2) is 14.7. The molecule has 0 unspecified atom stereocenters. The third kappa shape index (κ3) is 8.36. The molecule has 230 valence electrons. The van der Waals surface area contributed by atoms with E-state index in [1.54, 1.807) is 24.3 Å². The summed E-state index contributed by atoms with van der Waals surface area (Å²) in [7, 11) is -4.14. The SMILES string of the molecule is Cc1ccc(N(CC(=O)N(Cc2ccc(Br)cc2)[C@@H](Cc2ccccc2)C(=O)NC(C)C)S(=O)(=O)c2ccccc2)c(C)c1. The first-order valence-corrected chi connectivity index (χ1v) is 16.7. The van der Waals surface area contributed by atoms with E-state index in [1.165, 1.54) is 17.0 Å². The van der Waals surface area contributed by atoms with Gasteiger partial charge in [0.25, 0.3) is 10.0 Å². The molecule has 0 bridgehead atoms. The molecule has 0 fully saturated rings. The largest absolute Gasteiger partial charge is 0.352 e. The van der Waals surface area contributed by atoms with E-state index in [0.717, 1.165) is 31.0 Å². The third-order valence-electron chi connectivity index (χ3n) is 7.20. The zero-order valence-electron chi connectivity index (χ0n) is 25.4. The number of nitrogens with zero attached hydrogens (tertiary/aromatic N) is 2. The molecule has 4 aromatic carbocycles. The maximum Gasteiger partial charge on any atom is 0.264 e. The molecular weight excluding hydrogens is 638 g/mol. The fourth-order valence-corrected chi connectivity index (χ4v) is 6.80. The van der Waals surface area contributed by atoms with E-state index in [4.69, 9.17) is 0 Å². The summed E-state index contributed by atoms with van der Waals surface area (Å²) in [5.74, 6) is -0.800. The van der Waals surface area contributed by atoms with Gasteiger partial charge in [0.15, 0.2) is 0 Å². The summed E-state index contributed by atoms with van der Waals surface area (Å²) < 4.78 is 30.3. The predicted octanol–water partition coefficient (Wildman–Crippen LogP) is 6.43. The monoisotopic (exact) mass is 675 g/mol. The number of nitrogens with one attached hydrogen (secondary N) is 1. The molecule has 4 aromatic rings. The molecule has 0 saturated heterocycles. The molecule has 0 aromatic heterocycles. The van der Waals surface area contributed by atoms with Gasteiger partial charge in [0, 0.05) is 23.5 Å². The van der Waals surface area contributed by atoms with Crippen molar-refractivity contribution in [1.29, 1.82) is 0 Å². The molecule has 2 amide bonds. The summed E-state index contributed by atoms with van der Waals surface area (Å²) >= 11 is 3.46. The van der Waals surface area contributed by atoms with Crippen LogP contribution >= 0.6 is 15.9 Å². The van der Waals surface area contributed by atoms with E-state index in [2.05, 4.69) is 21.2 Å². The predicted molar refractivity (Wildman–Crippen MR) is 179 cm³/mol. The number of anilines is 1. The Morgan fingerprint density at radius 3 is 2.02 bits per heavy atom. The van der Waals surface area contributed by atoms with Gasteiger partial charge in [-0.05, 0) is 74.7 Å². The molecule has 1 N–H and O–H groups in total. The molecular formula is C35H38BrN3O4S. The Morgan fingerprint density at radius 2 is 1.43 bits per heavy atom. The Morgan fingerprint density at radius 1 is 0.818 bits per heavy atom. The van der Waals surface area contributed by atoms with Gasteiger partial charge in [0.05, 0.1) is 10.6 Å². The second-order valence-corrected chi connectivity index (χ2v) is 13.9. The van der Waals surface area contributed by atoms with Gasteiger partial charge in [0.2, 0.25) is 11.8 Å². The van der Waals surface area contributed by atoms with E-state index in [9.17, 15) is 18.0 Å². The Bertz CT molecular complexity index is 1680. The van der Waals surface area contributed by atoms with Crippen LogP contribution in [0.15, 0.2) is 112 Å². The minimum absolute atomic E-state index is 0.0746. The molecule has 0 radical (unpaired) electrons. The van der Waals surface area contributed by atoms with Crippen molar-refractivity contribution in [2.24, 2.45) is 0 Å². The normalized spacial score (nSPS) is 12.0. The Hall–Kier alpha value is -3.95. The van der Waals surface area contributed by atoms with Crippen LogP contribution in [0.3, 0.4) is 0 Å². The van der Waals surface area contributed by atoms with E-state index < -0.39 is 28.5 Å². The van der Waals surface area contributed by atoms with Crippen LogP contribution in [0.5, 0.6) is 0 Å². The van der Waals surface area contributed by atoms with Gasteiger partial charge >= 0.3 is 0 Å². The molecule has 0 heterocycles. The molecule has 9 heteroatoms. The number of sulfonamides is 1. The second-order valence-electron chi connectivity index (χ2n) is 11.1. The maximum absolute atomic E-state index is 14.5. The van der Waals surface area contributed by atoms with E-state index in [1.807, 2.05) is 94.4 Å². The van der Waals surface area contributed by atoms with Crippen molar-refractivity contribution in [1.82, 2.24) is 10.2 Å². The molecule has 44 heavy (non-hydrogen) atoms. The van der Waals surface area contributed by atoms with Crippen molar-refractivity contribution >= 4 is 43.5 Å². The first kappa shape index (κ1) is 33.0. The summed E-state index contributed by atoms with van der Waals surface area (Å²) in [6.07, 6.45) is 0.261. The highest BCUT2D eigenvalue weighted by molar-refractivity contribution is 9.10. The van der Waals surface area contributed by atoms with Crippen LogP contribution < -0.4 is 9.62 Å². The third-order valence-corrected chi connectivity index (χ3v) is 9.50. The fraction of sp³-hybridized carbons (Fsp3) is 0.257. The lowest BCUT2D eigenvalue weighted by atomic mass is 10.0. The number of carbonyl (C=O) groups is 2. The van der Waals surface area contributed by atoms with Crippen molar-refractivity contribution in [3.8, 4) is 0 Å². The van der Waals surface area contributed by atoms with Crippen molar-refractivity contribution in [2.75, 3.05) is 10.8 Å². The van der Waals surface area contributed by atoms with Crippen molar-refractivity contribution < 1.29 is 18.0 Å². The first-order valence-electron chi connectivity index (χ1n) is 14.5. The van der Waals surface area contributed by atoms with Crippen LogP contribution in [-0.2, 0) is 32.6 Å². The highest BCUT2D eigenvalue weighted by Gasteiger charge is 2.35. The van der Waals surface area contributed by atoms with Crippen LogP contribution in [0.4, 0.5) is 5.69 Å². The highest BCUT2D eigenvalue weighted by atomic mass is 79.9. The van der Waals surface area contributed by atoms with E-state index in [-0.39, 0.29) is 29.8 Å². The van der Waals surface area contributed by atoms with E-state index in [0.29, 0.717) is 5.69 Å². The minimum Gasteiger partial charge on any atom is -0.352 e. The van der Waals surface area contributed by atoms with Gasteiger partial charge < -0.3 is 10.2 Å². The fourth-order valence-electron chi connectivity index (χ4n) is 5.04. The van der Waals surface area contributed by atoms with Gasteiger partial charge in [-0.25, -0.2) is 8.42 Å². The lowest BCUT2D eigenvalue weighted by Crippen LogP contribution is -2.54. The molecule has 7 nitrogen and oxygen atoms in total. The standard InChI is InChI=1S/C35H38BrN3O4S/c1-25(2)37-35(41)33(22-28-11-7-5-8-12-28)38(23-29-16-18-30(36)19-17-29)34(40)24-39(32-20-15-26(3)21-27(32)4)44(42,43)31-13-9-6-10-14-31/h5-21,25,33H,22-24H2,1-4H3,(H,37,41)/t33-/m0/s1. The first-order chi connectivity index (χ1) is 21.0. The van der Waals surface area contributed by atoms with Crippen LogP contribution in [0.2, 0.25) is 0 Å². The molecule has 0 aliphatic heterocycles. The maximum atomic E-state index is 14.5. The van der Waals surface area contributed by atoms with Crippen LogP contribution in [0.25, 0.3) is 0 Å². The smallest absolute Gasteiger partial charge is 0.264 e. The lowest BCUT2D eigenvalue weighted by Gasteiger charge is -2.34. The van der Waals surface area contributed by atoms with Crippen molar-refractivity contribution in [3.63, 3.8) is 0 Å². The zero-order chi connectivity index (χ0) is 31.9. The zero-order valence-corrected chi connectivity index (χ0v) is 27.8. The van der Waals surface area contributed by atoms with Gasteiger partial charge in [0.1, 0.15) is 12.6 Å². The average Bonchev–Trinajstić information content (AvgIpc) is 2.99. The number of halogens is 1. The Kier molecular flexibility index (Phi) is 11.0. The number of amides is 2. The molecule has 1 atom stereocenters. The summed E-state index contributed by atoms with van der Waals surface area (Å²) in [5, 5.41) is 2.98. The molecule has 0 aliphatic carbocycles. The highest BCUT2D eigenvalue weighted by Crippen LogP contribution is 2.28. The Balaban J connectivity index is 1.82. The number of rotatable bonds is 12. The van der Waals surface area contributed by atoms with Crippen LogP contribution in [0, 0.1) is 13.8 Å². The number of benzene rings is 4. The molecule has 0 aliphatic rings. The van der Waals surface area contributed by atoms with E-state index >= 15 is 0 Å². The average molecular weight is 677 g/mol. The van der Waals surface area contributed by atoms with Gasteiger partial charge in [-0.2, -0.15) is 0 Å². The van der Waals surface area contributed by atoms with Gasteiger partial charge in [-0.1, -0.05) is 94.3 Å². The number of aryl methyl sites for hydroxylation is 2. The Labute approximate surface area is 269 Å². The van der Waals surface area contributed by atoms with Crippen LogP contribution in [0.1, 0.15) is 36.1 Å².